The Morgan fingerprint density at radius 2 is 2.25 bits per heavy atom. The van der Waals surface area contributed by atoms with Crippen molar-refractivity contribution in [3.8, 4) is 0 Å². The lowest BCUT2D eigenvalue weighted by atomic mass is 10.3. The summed E-state index contributed by atoms with van der Waals surface area (Å²) < 4.78 is 1.17. The molecule has 0 saturated carbocycles. The number of nitrogens with zero attached hydrogens (tertiary/aromatic N) is 3. The van der Waals surface area contributed by atoms with Crippen LogP contribution >= 0.6 is 0 Å². The number of imidazole rings is 1. The summed E-state index contributed by atoms with van der Waals surface area (Å²) in [6.07, 6.45) is 1.19. The lowest BCUT2D eigenvalue weighted by Crippen LogP contribution is -2.01. The van der Waals surface area contributed by atoms with E-state index in [-0.39, 0.29) is 17.1 Å². The topological polar surface area (TPSA) is 97.7 Å². The van der Waals surface area contributed by atoms with Crippen LogP contribution in [0.15, 0.2) is 18.3 Å². The van der Waals surface area contributed by atoms with Crippen LogP contribution in [-0.2, 0) is 0 Å². The first-order chi connectivity index (χ1) is 7.50. The lowest BCUT2D eigenvalue weighted by molar-refractivity contribution is -0.390. The molecule has 2 aromatic rings. The van der Waals surface area contributed by atoms with Crippen molar-refractivity contribution in [3.63, 3.8) is 0 Å². The number of carboxylic acids is 1. The number of rotatable bonds is 2. The predicted molar refractivity (Wildman–Crippen MR) is 53.5 cm³/mol. The van der Waals surface area contributed by atoms with Crippen LogP contribution in [0.3, 0.4) is 0 Å². The quantitative estimate of drug-likeness (QED) is 0.607. The van der Waals surface area contributed by atoms with E-state index < -0.39 is 10.9 Å². The Morgan fingerprint density at radius 1 is 1.56 bits per heavy atom. The van der Waals surface area contributed by atoms with E-state index in [0.717, 1.165) is 0 Å². The van der Waals surface area contributed by atoms with Gasteiger partial charge < -0.3 is 15.2 Å². The molecule has 0 amide bonds. The molecule has 1 N–H and O–H groups in total. The Kier molecular flexibility index (Phi) is 2.08. The SMILES string of the molecule is Cc1nc2ccc(C(=O)O)cn2c1[N+](=O)[O-]. The Balaban J connectivity index is 2.79. The first-order valence-electron chi connectivity index (χ1n) is 4.37. The van der Waals surface area contributed by atoms with Crippen LogP contribution in [0.25, 0.3) is 5.65 Å². The highest BCUT2D eigenvalue weighted by molar-refractivity contribution is 5.87. The van der Waals surface area contributed by atoms with Gasteiger partial charge in [-0.25, -0.2) is 9.78 Å². The summed E-state index contributed by atoms with van der Waals surface area (Å²) in [5.41, 5.74) is 0.592. The third-order valence-electron chi connectivity index (χ3n) is 2.18. The van der Waals surface area contributed by atoms with Crippen molar-refractivity contribution < 1.29 is 14.8 Å². The van der Waals surface area contributed by atoms with Crippen LogP contribution < -0.4 is 0 Å². The number of carbonyl (C=O) groups is 1. The summed E-state index contributed by atoms with van der Waals surface area (Å²) in [5, 5.41) is 19.6. The number of fused-ring (bicyclic) bond motifs is 1. The normalized spacial score (nSPS) is 10.6. The van der Waals surface area contributed by atoms with Crippen molar-refractivity contribution >= 4 is 17.4 Å². The Bertz CT molecular complexity index is 602. The van der Waals surface area contributed by atoms with Gasteiger partial charge in [-0.1, -0.05) is 0 Å². The lowest BCUT2D eigenvalue weighted by Gasteiger charge is -1.95. The van der Waals surface area contributed by atoms with Crippen molar-refractivity contribution in [1.82, 2.24) is 9.38 Å². The van der Waals surface area contributed by atoms with Crippen LogP contribution in [0.5, 0.6) is 0 Å². The van der Waals surface area contributed by atoms with E-state index in [4.69, 9.17) is 5.11 Å². The zero-order valence-corrected chi connectivity index (χ0v) is 8.25. The Labute approximate surface area is 89.1 Å². The number of nitro groups is 1. The van der Waals surface area contributed by atoms with Gasteiger partial charge in [-0.15, -0.1) is 0 Å². The van der Waals surface area contributed by atoms with Crippen LogP contribution in [0.4, 0.5) is 5.82 Å². The summed E-state index contributed by atoms with van der Waals surface area (Å²) >= 11 is 0. The minimum atomic E-state index is -1.14. The van der Waals surface area contributed by atoms with E-state index in [0.29, 0.717) is 5.65 Å². The third-order valence-corrected chi connectivity index (χ3v) is 2.18. The minimum absolute atomic E-state index is 0.0204. The van der Waals surface area contributed by atoms with Crippen LogP contribution in [0.1, 0.15) is 16.1 Å². The zero-order valence-electron chi connectivity index (χ0n) is 8.25. The maximum atomic E-state index is 10.8. The molecule has 7 nitrogen and oxygen atoms in total. The molecule has 2 aromatic heterocycles. The molecule has 16 heavy (non-hydrogen) atoms. The predicted octanol–water partition coefficient (Wildman–Crippen LogP) is 1.25. The maximum absolute atomic E-state index is 10.8. The molecule has 0 aliphatic carbocycles. The number of pyridine rings is 1. The van der Waals surface area contributed by atoms with E-state index >= 15 is 0 Å². The van der Waals surface area contributed by atoms with Gasteiger partial charge in [0.25, 0.3) is 0 Å². The highest BCUT2D eigenvalue weighted by atomic mass is 16.6. The molecule has 0 aliphatic heterocycles. The molecule has 0 unspecified atom stereocenters. The molecule has 2 rings (SSSR count). The summed E-state index contributed by atoms with van der Waals surface area (Å²) in [4.78, 5) is 24.9. The third kappa shape index (κ3) is 1.38. The molecule has 0 fully saturated rings. The summed E-state index contributed by atoms with van der Waals surface area (Å²) in [6, 6.07) is 2.79. The van der Waals surface area contributed by atoms with Gasteiger partial charge in [0, 0.05) is 6.07 Å². The average Bonchev–Trinajstić information content (AvgIpc) is 2.51. The van der Waals surface area contributed by atoms with Crippen molar-refractivity contribution in [1.29, 1.82) is 0 Å². The Hall–Kier alpha value is -2.44. The van der Waals surface area contributed by atoms with E-state index in [9.17, 15) is 14.9 Å². The molecule has 0 saturated heterocycles. The fraction of sp³-hybridized carbons (Fsp3) is 0.111. The van der Waals surface area contributed by atoms with Gasteiger partial charge in [-0.05, 0) is 17.9 Å². The molecule has 0 bridgehead atoms. The molecular weight excluding hydrogens is 214 g/mol. The van der Waals surface area contributed by atoms with Crippen molar-refractivity contribution in [2.45, 2.75) is 6.92 Å². The fourth-order valence-corrected chi connectivity index (χ4v) is 1.50. The van der Waals surface area contributed by atoms with E-state index in [1.165, 1.54) is 29.7 Å². The van der Waals surface area contributed by atoms with Gasteiger partial charge >= 0.3 is 11.8 Å². The van der Waals surface area contributed by atoms with Crippen molar-refractivity contribution in [3.05, 3.63) is 39.7 Å². The molecule has 0 aliphatic rings. The van der Waals surface area contributed by atoms with Crippen LogP contribution in [0.2, 0.25) is 0 Å². The zero-order chi connectivity index (χ0) is 11.9. The number of aryl methyl sites for hydroxylation is 1. The van der Waals surface area contributed by atoms with Crippen LogP contribution in [-0.4, -0.2) is 25.4 Å². The van der Waals surface area contributed by atoms with E-state index in [1.54, 1.807) is 0 Å². The fourth-order valence-electron chi connectivity index (χ4n) is 1.50. The molecule has 0 aromatic carbocycles. The van der Waals surface area contributed by atoms with Crippen molar-refractivity contribution in [2.75, 3.05) is 0 Å². The standard InChI is InChI=1S/C9H7N3O4/c1-5-8(12(15)16)11-4-6(9(13)14)2-3-7(11)10-5/h2-4H,1H3,(H,13,14). The average molecular weight is 221 g/mol. The van der Waals surface area contributed by atoms with Crippen LogP contribution in [0, 0.1) is 17.0 Å². The second kappa shape index (κ2) is 3.30. The molecule has 0 atom stereocenters. The maximum Gasteiger partial charge on any atom is 0.350 e. The van der Waals surface area contributed by atoms with Crippen molar-refractivity contribution in [2.24, 2.45) is 0 Å². The highest BCUT2D eigenvalue weighted by Gasteiger charge is 2.20. The first-order valence-corrected chi connectivity index (χ1v) is 4.37. The van der Waals surface area contributed by atoms with Gasteiger partial charge in [-0.3, -0.25) is 0 Å². The summed E-state index contributed by atoms with van der Waals surface area (Å²) in [6.45, 7) is 1.51. The number of aromatic carboxylic acids is 1. The molecule has 0 spiro atoms. The van der Waals surface area contributed by atoms with E-state index in [1.807, 2.05) is 0 Å². The minimum Gasteiger partial charge on any atom is -0.478 e. The largest absolute Gasteiger partial charge is 0.478 e. The number of hydrogen-bond donors (Lipinski definition) is 1. The molecule has 0 radical (unpaired) electrons. The van der Waals surface area contributed by atoms with Gasteiger partial charge in [0.2, 0.25) is 5.65 Å². The number of hydrogen-bond acceptors (Lipinski definition) is 4. The van der Waals surface area contributed by atoms with E-state index in [2.05, 4.69) is 4.98 Å². The number of carboxylic acid groups (broad SMARTS) is 1. The monoisotopic (exact) mass is 221 g/mol. The first kappa shape index (κ1) is 10.1. The molecule has 2 heterocycles. The molecule has 82 valence electrons. The molecule has 7 heteroatoms. The number of aromatic nitrogens is 2. The summed E-state index contributed by atoms with van der Waals surface area (Å²) in [5.74, 6) is -1.35. The van der Waals surface area contributed by atoms with Gasteiger partial charge in [0.1, 0.15) is 11.9 Å². The highest BCUT2D eigenvalue weighted by Crippen LogP contribution is 2.20. The second-order valence-corrected chi connectivity index (χ2v) is 3.23. The van der Waals surface area contributed by atoms with Gasteiger partial charge in [0.05, 0.1) is 5.56 Å². The smallest absolute Gasteiger partial charge is 0.350 e. The Morgan fingerprint density at radius 3 is 2.81 bits per heavy atom. The summed E-state index contributed by atoms with van der Waals surface area (Å²) in [7, 11) is 0. The molecular formula is C9H7N3O4. The van der Waals surface area contributed by atoms with Gasteiger partial charge in [0.15, 0.2) is 0 Å². The van der Waals surface area contributed by atoms with Gasteiger partial charge in [-0.2, -0.15) is 4.40 Å². The second-order valence-electron chi connectivity index (χ2n) is 3.23.